The molecule has 0 bridgehead atoms. The monoisotopic (exact) mass is 253 g/mol. The van der Waals surface area contributed by atoms with Gasteiger partial charge < -0.3 is 4.74 Å². The quantitative estimate of drug-likeness (QED) is 0.772. The van der Waals surface area contributed by atoms with Gasteiger partial charge in [-0.3, -0.25) is 9.78 Å². The molecular weight excluding hydrogens is 238 g/mol. The summed E-state index contributed by atoms with van der Waals surface area (Å²) in [6.07, 6.45) is 0.880. The standard InChI is InChI=1S/C16H15NO2/c1-10-7-14(8-11(2)17-10)16(18)13-3-4-15-12(9-13)5-6-19-15/h3-4,7-9H,5-6H2,1-2H3. The van der Waals surface area contributed by atoms with Crippen molar-refractivity contribution >= 4 is 5.78 Å². The third kappa shape index (κ3) is 2.24. The van der Waals surface area contributed by atoms with E-state index in [1.807, 2.05) is 44.2 Å². The molecule has 0 fully saturated rings. The Kier molecular flexibility index (Phi) is 2.82. The minimum Gasteiger partial charge on any atom is -0.493 e. The van der Waals surface area contributed by atoms with Crippen LogP contribution in [-0.4, -0.2) is 17.4 Å². The van der Waals surface area contributed by atoms with Crippen LogP contribution in [0.3, 0.4) is 0 Å². The molecule has 1 aliphatic rings. The number of pyridine rings is 1. The highest BCUT2D eigenvalue weighted by Crippen LogP contribution is 2.26. The number of ether oxygens (including phenoxy) is 1. The Labute approximate surface area is 112 Å². The van der Waals surface area contributed by atoms with Gasteiger partial charge in [-0.25, -0.2) is 0 Å². The number of hydrogen-bond donors (Lipinski definition) is 0. The Bertz CT molecular complexity index is 642. The minimum atomic E-state index is 0.0447. The van der Waals surface area contributed by atoms with Crippen molar-refractivity contribution in [1.29, 1.82) is 0 Å². The molecular formula is C16H15NO2. The number of hydrogen-bond acceptors (Lipinski definition) is 3. The summed E-state index contributed by atoms with van der Waals surface area (Å²) in [5.41, 5.74) is 4.27. The Morgan fingerprint density at radius 3 is 2.58 bits per heavy atom. The predicted octanol–water partition coefficient (Wildman–Crippen LogP) is 2.86. The van der Waals surface area contributed by atoms with Crippen molar-refractivity contribution < 1.29 is 9.53 Å². The fraction of sp³-hybridized carbons (Fsp3) is 0.250. The summed E-state index contributed by atoms with van der Waals surface area (Å²) in [6, 6.07) is 9.32. The number of carbonyl (C=O) groups excluding carboxylic acids is 1. The van der Waals surface area contributed by atoms with Crippen LogP contribution in [0, 0.1) is 13.8 Å². The third-order valence-electron chi connectivity index (χ3n) is 3.30. The summed E-state index contributed by atoms with van der Waals surface area (Å²) < 4.78 is 5.46. The summed E-state index contributed by atoms with van der Waals surface area (Å²) in [5.74, 6) is 0.946. The lowest BCUT2D eigenvalue weighted by Gasteiger charge is -2.05. The molecule has 0 amide bonds. The van der Waals surface area contributed by atoms with E-state index in [1.54, 1.807) is 0 Å². The van der Waals surface area contributed by atoms with Crippen LogP contribution in [-0.2, 0) is 6.42 Å². The van der Waals surface area contributed by atoms with Crippen molar-refractivity contribution in [1.82, 2.24) is 4.98 Å². The van der Waals surface area contributed by atoms with Crippen LogP contribution < -0.4 is 4.74 Å². The van der Waals surface area contributed by atoms with Crippen molar-refractivity contribution in [3.8, 4) is 5.75 Å². The van der Waals surface area contributed by atoms with Crippen LogP contribution in [0.25, 0.3) is 0 Å². The van der Waals surface area contributed by atoms with Gasteiger partial charge in [0.1, 0.15) is 5.75 Å². The summed E-state index contributed by atoms with van der Waals surface area (Å²) >= 11 is 0. The molecule has 0 aliphatic carbocycles. The third-order valence-corrected chi connectivity index (χ3v) is 3.30. The Hall–Kier alpha value is -2.16. The van der Waals surface area contributed by atoms with Gasteiger partial charge in [-0.05, 0) is 49.7 Å². The molecule has 19 heavy (non-hydrogen) atoms. The lowest BCUT2D eigenvalue weighted by atomic mass is 10.00. The molecule has 3 heteroatoms. The Balaban J connectivity index is 1.99. The fourth-order valence-corrected chi connectivity index (χ4v) is 2.46. The van der Waals surface area contributed by atoms with Crippen LogP contribution in [0.15, 0.2) is 30.3 Å². The molecule has 2 aromatic rings. The number of carbonyl (C=O) groups is 1. The average molecular weight is 253 g/mol. The van der Waals surface area contributed by atoms with E-state index in [2.05, 4.69) is 4.98 Å². The van der Waals surface area contributed by atoms with Gasteiger partial charge >= 0.3 is 0 Å². The van der Waals surface area contributed by atoms with Gasteiger partial charge in [-0.1, -0.05) is 0 Å². The number of rotatable bonds is 2. The van der Waals surface area contributed by atoms with Crippen LogP contribution in [0.2, 0.25) is 0 Å². The van der Waals surface area contributed by atoms with Crippen LogP contribution in [0.4, 0.5) is 0 Å². The minimum absolute atomic E-state index is 0.0447. The summed E-state index contributed by atoms with van der Waals surface area (Å²) in [5, 5.41) is 0. The molecule has 0 radical (unpaired) electrons. The maximum absolute atomic E-state index is 12.5. The van der Waals surface area contributed by atoms with E-state index in [0.29, 0.717) is 17.7 Å². The highest BCUT2D eigenvalue weighted by atomic mass is 16.5. The van der Waals surface area contributed by atoms with E-state index in [-0.39, 0.29) is 5.78 Å². The summed E-state index contributed by atoms with van der Waals surface area (Å²) in [6.45, 7) is 4.51. The SMILES string of the molecule is Cc1cc(C(=O)c2ccc3c(c2)CCO3)cc(C)n1. The molecule has 1 aliphatic heterocycles. The molecule has 3 rings (SSSR count). The highest BCUT2D eigenvalue weighted by Gasteiger charge is 2.16. The smallest absolute Gasteiger partial charge is 0.193 e. The second kappa shape index (κ2) is 4.50. The van der Waals surface area contributed by atoms with Crippen LogP contribution >= 0.6 is 0 Å². The van der Waals surface area contributed by atoms with Gasteiger partial charge in [0.25, 0.3) is 0 Å². The van der Waals surface area contributed by atoms with E-state index in [4.69, 9.17) is 4.74 Å². The molecule has 0 spiro atoms. The molecule has 1 aromatic heterocycles. The van der Waals surface area contributed by atoms with Crippen molar-refractivity contribution in [2.45, 2.75) is 20.3 Å². The van der Waals surface area contributed by atoms with E-state index in [0.717, 1.165) is 29.1 Å². The molecule has 0 saturated heterocycles. The number of aryl methyl sites for hydroxylation is 2. The normalized spacial score (nSPS) is 12.9. The number of ketones is 1. The van der Waals surface area contributed by atoms with Gasteiger partial charge in [0.05, 0.1) is 6.61 Å². The molecule has 96 valence electrons. The average Bonchev–Trinajstić information content (AvgIpc) is 2.83. The van der Waals surface area contributed by atoms with E-state index < -0.39 is 0 Å². The lowest BCUT2D eigenvalue weighted by Crippen LogP contribution is -2.03. The zero-order chi connectivity index (χ0) is 13.4. The van der Waals surface area contributed by atoms with Crippen LogP contribution in [0.1, 0.15) is 32.9 Å². The molecule has 2 heterocycles. The zero-order valence-corrected chi connectivity index (χ0v) is 11.1. The first-order valence-electron chi connectivity index (χ1n) is 6.39. The van der Waals surface area contributed by atoms with Gasteiger partial charge in [0, 0.05) is 28.9 Å². The molecule has 3 nitrogen and oxygen atoms in total. The molecule has 0 saturated carbocycles. The first-order chi connectivity index (χ1) is 9.13. The van der Waals surface area contributed by atoms with E-state index >= 15 is 0 Å². The first-order valence-corrected chi connectivity index (χ1v) is 6.39. The van der Waals surface area contributed by atoms with E-state index in [1.165, 1.54) is 0 Å². The van der Waals surface area contributed by atoms with Crippen molar-refractivity contribution in [3.63, 3.8) is 0 Å². The van der Waals surface area contributed by atoms with Crippen molar-refractivity contribution in [3.05, 3.63) is 58.4 Å². The second-order valence-electron chi connectivity index (χ2n) is 4.89. The second-order valence-corrected chi connectivity index (χ2v) is 4.89. The number of aromatic nitrogens is 1. The topological polar surface area (TPSA) is 39.2 Å². The first kappa shape index (κ1) is 11.9. The van der Waals surface area contributed by atoms with Gasteiger partial charge in [-0.15, -0.1) is 0 Å². The summed E-state index contributed by atoms with van der Waals surface area (Å²) in [7, 11) is 0. The maximum atomic E-state index is 12.5. The van der Waals surface area contributed by atoms with Crippen LogP contribution in [0.5, 0.6) is 5.75 Å². The van der Waals surface area contributed by atoms with Gasteiger partial charge in [-0.2, -0.15) is 0 Å². The van der Waals surface area contributed by atoms with Crippen molar-refractivity contribution in [2.75, 3.05) is 6.61 Å². The van der Waals surface area contributed by atoms with Gasteiger partial charge in [0.15, 0.2) is 5.78 Å². The fourth-order valence-electron chi connectivity index (χ4n) is 2.46. The number of nitrogens with zero attached hydrogens (tertiary/aromatic N) is 1. The lowest BCUT2D eigenvalue weighted by molar-refractivity contribution is 0.103. The zero-order valence-electron chi connectivity index (χ0n) is 11.1. The number of benzene rings is 1. The maximum Gasteiger partial charge on any atom is 0.193 e. The molecule has 0 unspecified atom stereocenters. The molecule has 0 atom stereocenters. The molecule has 1 aromatic carbocycles. The Morgan fingerprint density at radius 1 is 1.11 bits per heavy atom. The summed E-state index contributed by atoms with van der Waals surface area (Å²) in [4.78, 5) is 16.8. The van der Waals surface area contributed by atoms with Gasteiger partial charge in [0.2, 0.25) is 0 Å². The number of fused-ring (bicyclic) bond motifs is 1. The largest absolute Gasteiger partial charge is 0.493 e. The predicted molar refractivity (Wildman–Crippen MR) is 72.8 cm³/mol. The van der Waals surface area contributed by atoms with E-state index in [9.17, 15) is 4.79 Å². The highest BCUT2D eigenvalue weighted by molar-refractivity contribution is 6.09. The Morgan fingerprint density at radius 2 is 1.84 bits per heavy atom. The van der Waals surface area contributed by atoms with Crippen molar-refractivity contribution in [2.24, 2.45) is 0 Å². The molecule has 0 N–H and O–H groups in total.